The van der Waals surface area contributed by atoms with Gasteiger partial charge in [-0.05, 0) is 61.4 Å². The number of aliphatic hydroxyl groups excluding tert-OH is 1. The maximum Gasteiger partial charge on any atom is 0.256 e. The fraction of sp³-hybridized carbons (Fsp3) is 0.241. The molecular weight excluding hydrogens is 615 g/mol. The Kier molecular flexibility index (Phi) is 8.74. The number of nitrogens with one attached hydrogen (secondary N) is 3. The highest BCUT2D eigenvalue weighted by atomic mass is 35.5. The highest BCUT2D eigenvalue weighted by molar-refractivity contribution is 7.90. The second-order valence-electron chi connectivity index (χ2n) is 10.2. The molecule has 5 rings (SSSR count). The van der Waals surface area contributed by atoms with Gasteiger partial charge in [0, 0.05) is 51.0 Å². The van der Waals surface area contributed by atoms with Crippen molar-refractivity contribution in [2.45, 2.75) is 43.6 Å². The number of fused-ring (bicyclic) bond motifs is 1. The summed E-state index contributed by atoms with van der Waals surface area (Å²) in [7, 11) is -3.86. The summed E-state index contributed by atoms with van der Waals surface area (Å²) in [5.41, 5.74) is 4.37. The highest BCUT2D eigenvalue weighted by Gasteiger charge is 2.28. The Hall–Kier alpha value is -3.97. The third-order valence-corrected chi connectivity index (χ3v) is 9.54. The molecule has 2 aromatic heterocycles. The third kappa shape index (κ3) is 6.67. The maximum absolute atomic E-state index is 13.3. The fourth-order valence-electron chi connectivity index (χ4n) is 4.88. The first-order valence-electron chi connectivity index (χ1n) is 13.2. The lowest BCUT2D eigenvalue weighted by molar-refractivity contribution is -0.121. The third-order valence-electron chi connectivity index (χ3n) is 7.19. The number of anilines is 1. The van der Waals surface area contributed by atoms with Crippen LogP contribution in [-0.2, 0) is 38.1 Å². The Morgan fingerprint density at radius 2 is 1.91 bits per heavy atom. The number of rotatable bonds is 10. The number of aromatic nitrogens is 4. The molecule has 4 N–H and O–H groups in total. The van der Waals surface area contributed by atoms with E-state index in [-0.39, 0.29) is 51.8 Å². The van der Waals surface area contributed by atoms with Crippen molar-refractivity contribution in [2.75, 3.05) is 11.9 Å². The summed E-state index contributed by atoms with van der Waals surface area (Å²) < 4.78 is 28.1. The molecular formula is C29H28Cl2N6O5S. The summed E-state index contributed by atoms with van der Waals surface area (Å²) >= 11 is 12.4. The van der Waals surface area contributed by atoms with Crippen molar-refractivity contribution >= 4 is 62.2 Å². The molecule has 11 nitrogen and oxygen atoms in total. The van der Waals surface area contributed by atoms with Crippen LogP contribution in [0.25, 0.3) is 11.6 Å². The molecule has 0 fully saturated rings. The molecule has 0 saturated heterocycles. The number of aryl methyl sites for hydroxylation is 1. The Labute approximate surface area is 257 Å². The second kappa shape index (κ2) is 12.3. The molecule has 2 aromatic carbocycles. The molecule has 3 heterocycles. The zero-order valence-corrected chi connectivity index (χ0v) is 25.5. The van der Waals surface area contributed by atoms with Crippen molar-refractivity contribution in [1.82, 2.24) is 25.3 Å². The van der Waals surface area contributed by atoms with Crippen LogP contribution in [0.15, 0.2) is 53.7 Å². The van der Waals surface area contributed by atoms with E-state index in [1.54, 1.807) is 36.5 Å². The Bertz CT molecular complexity index is 1830. The van der Waals surface area contributed by atoms with Gasteiger partial charge in [-0.3, -0.25) is 9.59 Å². The second-order valence-corrected chi connectivity index (χ2v) is 13.0. The van der Waals surface area contributed by atoms with Gasteiger partial charge in [-0.15, -0.1) is 5.10 Å². The fourth-order valence-corrected chi connectivity index (χ4v) is 7.00. The van der Waals surface area contributed by atoms with E-state index in [0.717, 1.165) is 16.8 Å². The molecule has 1 aliphatic rings. The van der Waals surface area contributed by atoms with Crippen molar-refractivity contribution in [3.8, 4) is 0 Å². The lowest BCUT2D eigenvalue weighted by atomic mass is 10.0. The van der Waals surface area contributed by atoms with E-state index in [0.29, 0.717) is 22.5 Å². The molecule has 4 aromatic rings. The number of carbonyl (C=O) groups excluding carboxylic acids is 2. The van der Waals surface area contributed by atoms with Crippen LogP contribution in [0.5, 0.6) is 0 Å². The molecule has 1 aliphatic heterocycles. The molecule has 224 valence electrons. The average Bonchev–Trinajstić information content (AvgIpc) is 3.64. The molecule has 0 bridgehead atoms. The molecule has 0 radical (unpaired) electrons. The largest absolute Gasteiger partial charge is 0.389 e. The molecule has 1 unspecified atom stereocenters. The van der Waals surface area contributed by atoms with E-state index >= 15 is 0 Å². The number of aromatic amines is 1. The number of H-pyrrole nitrogens is 1. The SMILES string of the molecule is Cc1[nH]c(C=C2C(=O)Nc3ccc(S(=O)(=O)Cc4c(Cl)cccc4Cl)cc32)c(C)c1CC(=O)NCC(O)Cn1ccnn1. The van der Waals surface area contributed by atoms with E-state index in [4.69, 9.17) is 23.2 Å². The van der Waals surface area contributed by atoms with Gasteiger partial charge in [0.2, 0.25) is 5.91 Å². The van der Waals surface area contributed by atoms with Gasteiger partial charge in [0.05, 0.1) is 41.5 Å². The summed E-state index contributed by atoms with van der Waals surface area (Å²) in [4.78, 5) is 28.9. The van der Waals surface area contributed by atoms with Gasteiger partial charge in [0.15, 0.2) is 9.84 Å². The molecule has 0 spiro atoms. The topological polar surface area (TPSA) is 159 Å². The summed E-state index contributed by atoms with van der Waals surface area (Å²) in [6, 6.07) is 9.24. The minimum atomic E-state index is -3.86. The van der Waals surface area contributed by atoms with Crippen LogP contribution in [-0.4, -0.2) is 58.0 Å². The molecule has 14 heteroatoms. The number of hydrogen-bond acceptors (Lipinski definition) is 7. The molecule has 1 atom stereocenters. The van der Waals surface area contributed by atoms with Gasteiger partial charge >= 0.3 is 0 Å². The molecule has 0 aliphatic carbocycles. The Balaban J connectivity index is 1.35. The predicted molar refractivity (Wildman–Crippen MR) is 163 cm³/mol. The van der Waals surface area contributed by atoms with Crippen LogP contribution in [0, 0.1) is 13.8 Å². The monoisotopic (exact) mass is 642 g/mol. The number of amides is 2. The van der Waals surface area contributed by atoms with E-state index in [1.807, 2.05) is 13.8 Å². The lowest BCUT2D eigenvalue weighted by Crippen LogP contribution is -2.35. The highest BCUT2D eigenvalue weighted by Crippen LogP contribution is 2.37. The minimum absolute atomic E-state index is 0.0207. The van der Waals surface area contributed by atoms with Gasteiger partial charge in [-0.2, -0.15) is 0 Å². The number of sulfone groups is 1. The van der Waals surface area contributed by atoms with Gasteiger partial charge < -0.3 is 20.7 Å². The Morgan fingerprint density at radius 3 is 2.60 bits per heavy atom. The van der Waals surface area contributed by atoms with E-state index < -0.39 is 21.7 Å². The van der Waals surface area contributed by atoms with E-state index in [9.17, 15) is 23.1 Å². The molecule has 0 saturated carbocycles. The van der Waals surface area contributed by atoms with Crippen LogP contribution in [0.3, 0.4) is 0 Å². The number of aliphatic hydroxyl groups is 1. The van der Waals surface area contributed by atoms with Gasteiger partial charge in [-0.25, -0.2) is 13.1 Å². The lowest BCUT2D eigenvalue weighted by Gasteiger charge is -2.12. The standard InChI is InChI=1S/C29H28Cl2N6O5S/c1-16-20(12-28(39)32-13-18(38)14-37-9-8-33-36-37)17(2)34-27(16)11-22-21-10-19(6-7-26(21)35-29(22)40)43(41,42)15-23-24(30)4-3-5-25(23)31/h3-11,18,34,38H,12-15H2,1-2H3,(H,32,39)(H,35,40). The zero-order valence-electron chi connectivity index (χ0n) is 23.2. The number of carbonyl (C=O) groups is 2. The van der Waals surface area contributed by atoms with Crippen LogP contribution in [0.1, 0.15) is 33.6 Å². The normalized spacial score (nSPS) is 14.5. The summed E-state index contributed by atoms with van der Waals surface area (Å²) in [6.07, 6.45) is 3.99. The quantitative estimate of drug-likeness (QED) is 0.192. The first-order chi connectivity index (χ1) is 20.4. The first-order valence-corrected chi connectivity index (χ1v) is 15.6. The van der Waals surface area contributed by atoms with Crippen molar-refractivity contribution in [3.05, 3.63) is 92.5 Å². The number of halogens is 2. The van der Waals surface area contributed by atoms with Gasteiger partial charge in [-0.1, -0.05) is 34.5 Å². The number of nitrogens with zero attached hydrogens (tertiary/aromatic N) is 3. The van der Waals surface area contributed by atoms with Crippen LogP contribution in [0.4, 0.5) is 5.69 Å². The van der Waals surface area contributed by atoms with Crippen molar-refractivity contribution in [3.63, 3.8) is 0 Å². The minimum Gasteiger partial charge on any atom is -0.389 e. The van der Waals surface area contributed by atoms with E-state index in [1.165, 1.54) is 23.0 Å². The summed E-state index contributed by atoms with van der Waals surface area (Å²) in [5.74, 6) is -1.06. The van der Waals surface area contributed by atoms with Crippen molar-refractivity contribution in [1.29, 1.82) is 0 Å². The van der Waals surface area contributed by atoms with Gasteiger partial charge in [0.25, 0.3) is 5.91 Å². The Morgan fingerprint density at radius 1 is 1.16 bits per heavy atom. The van der Waals surface area contributed by atoms with E-state index in [2.05, 4.69) is 25.9 Å². The van der Waals surface area contributed by atoms with Crippen molar-refractivity contribution in [2.24, 2.45) is 0 Å². The van der Waals surface area contributed by atoms with Crippen LogP contribution >= 0.6 is 23.2 Å². The maximum atomic E-state index is 13.3. The number of benzene rings is 2. The zero-order chi connectivity index (χ0) is 30.9. The smallest absolute Gasteiger partial charge is 0.256 e. The van der Waals surface area contributed by atoms with Crippen LogP contribution < -0.4 is 10.6 Å². The first kappa shape index (κ1) is 30.5. The number of hydrogen-bond donors (Lipinski definition) is 4. The van der Waals surface area contributed by atoms with Crippen LogP contribution in [0.2, 0.25) is 10.0 Å². The average molecular weight is 644 g/mol. The van der Waals surface area contributed by atoms with Gasteiger partial charge in [0.1, 0.15) is 0 Å². The molecule has 2 amide bonds. The summed E-state index contributed by atoms with van der Waals surface area (Å²) in [6.45, 7) is 3.90. The predicted octanol–water partition coefficient (Wildman–Crippen LogP) is 3.72. The van der Waals surface area contributed by atoms with Crippen molar-refractivity contribution < 1.29 is 23.1 Å². The molecule has 43 heavy (non-hydrogen) atoms. The summed E-state index contributed by atoms with van der Waals surface area (Å²) in [5, 5.41) is 23.7.